The molecule has 0 radical (unpaired) electrons. The Kier molecular flexibility index (Phi) is 6.45. The van der Waals surface area contributed by atoms with Crippen molar-refractivity contribution in [3.63, 3.8) is 0 Å². The maximum absolute atomic E-state index is 15.0. The van der Waals surface area contributed by atoms with Crippen LogP contribution >= 0.6 is 23.4 Å². The zero-order valence-corrected chi connectivity index (χ0v) is 20.9. The molecule has 0 aliphatic carbocycles. The highest BCUT2D eigenvalue weighted by Crippen LogP contribution is 2.49. The lowest BCUT2D eigenvalue weighted by Gasteiger charge is -2.37. The highest BCUT2D eigenvalue weighted by atomic mass is 35.5. The summed E-state index contributed by atoms with van der Waals surface area (Å²) in [7, 11) is 0. The number of nitrogens with zero attached hydrogens (tertiary/aromatic N) is 3. The largest absolute Gasteiger partial charge is 0.417 e. The summed E-state index contributed by atoms with van der Waals surface area (Å²) in [6, 6.07) is 2.33. The van der Waals surface area contributed by atoms with Crippen LogP contribution in [0.3, 0.4) is 0 Å². The first-order chi connectivity index (χ1) is 17.0. The molecular weight excluding hydrogens is 523 g/mol. The molecule has 2 aliphatic heterocycles. The fraction of sp³-hybridized carbons (Fsp3) is 0.417. The Bertz CT molecular complexity index is 1420. The van der Waals surface area contributed by atoms with E-state index in [1.54, 1.807) is 0 Å². The molecular formula is C24H22ClF5N4OS. The van der Waals surface area contributed by atoms with Crippen LogP contribution < -0.4 is 15.9 Å². The van der Waals surface area contributed by atoms with E-state index in [-0.39, 0.29) is 40.2 Å². The number of aryl methyl sites for hydroxylation is 1. The van der Waals surface area contributed by atoms with Crippen LogP contribution in [0.4, 0.5) is 27.8 Å². The van der Waals surface area contributed by atoms with Crippen molar-refractivity contribution >= 4 is 40.1 Å². The molecule has 0 amide bonds. The monoisotopic (exact) mass is 544 g/mol. The number of aromatic nitrogens is 2. The Labute approximate surface area is 212 Å². The van der Waals surface area contributed by atoms with Crippen molar-refractivity contribution in [3.8, 4) is 11.1 Å². The third-order valence-electron chi connectivity index (χ3n) is 6.41. The number of halogens is 6. The predicted molar refractivity (Wildman–Crippen MR) is 131 cm³/mol. The molecule has 2 unspecified atom stereocenters. The van der Waals surface area contributed by atoms with Crippen molar-refractivity contribution in [2.45, 2.75) is 50.0 Å². The van der Waals surface area contributed by atoms with E-state index in [0.29, 0.717) is 31.3 Å². The molecule has 3 aromatic rings. The van der Waals surface area contributed by atoms with Crippen LogP contribution in [0, 0.1) is 11.6 Å². The number of thioether (sulfide) groups is 1. The van der Waals surface area contributed by atoms with Gasteiger partial charge in [-0.15, -0.1) is 11.8 Å². The topological polar surface area (TPSA) is 50.2 Å². The maximum Gasteiger partial charge on any atom is 0.417 e. The van der Waals surface area contributed by atoms with Crippen molar-refractivity contribution in [1.82, 2.24) is 14.9 Å². The van der Waals surface area contributed by atoms with E-state index in [2.05, 4.69) is 10.3 Å². The quantitative estimate of drug-likeness (QED) is 0.331. The van der Waals surface area contributed by atoms with Gasteiger partial charge < -0.3 is 10.2 Å². The predicted octanol–water partition coefficient (Wildman–Crippen LogP) is 5.70. The molecule has 36 heavy (non-hydrogen) atoms. The molecule has 1 N–H and O–H groups in total. The zero-order valence-electron chi connectivity index (χ0n) is 19.3. The Balaban J connectivity index is 1.92. The van der Waals surface area contributed by atoms with Crippen molar-refractivity contribution in [2.24, 2.45) is 0 Å². The van der Waals surface area contributed by atoms with Gasteiger partial charge >= 0.3 is 11.9 Å². The summed E-state index contributed by atoms with van der Waals surface area (Å²) in [5, 5.41) is 3.03. The van der Waals surface area contributed by atoms with Crippen molar-refractivity contribution < 1.29 is 22.0 Å². The van der Waals surface area contributed by atoms with Crippen molar-refractivity contribution in [3.05, 3.63) is 50.9 Å². The van der Waals surface area contributed by atoms with Gasteiger partial charge in [-0.2, -0.15) is 18.2 Å². The van der Waals surface area contributed by atoms with Crippen LogP contribution in [0.1, 0.15) is 25.8 Å². The van der Waals surface area contributed by atoms with Gasteiger partial charge in [-0.3, -0.25) is 4.57 Å². The molecule has 2 aromatic carbocycles. The fourth-order valence-electron chi connectivity index (χ4n) is 5.08. The number of nitrogens with one attached hydrogen (secondary N) is 1. The van der Waals surface area contributed by atoms with E-state index in [1.165, 1.54) is 4.57 Å². The smallest absolute Gasteiger partial charge is 0.353 e. The molecule has 2 atom stereocenters. The van der Waals surface area contributed by atoms with E-state index in [1.807, 2.05) is 18.7 Å². The Morgan fingerprint density at radius 1 is 1.11 bits per heavy atom. The van der Waals surface area contributed by atoms with Crippen LogP contribution in [0.5, 0.6) is 0 Å². The van der Waals surface area contributed by atoms with E-state index in [0.717, 1.165) is 23.9 Å². The van der Waals surface area contributed by atoms with Gasteiger partial charge in [-0.05, 0) is 38.2 Å². The summed E-state index contributed by atoms with van der Waals surface area (Å²) in [5.74, 6) is -1.67. The normalized spacial score (nSPS) is 20.6. The maximum atomic E-state index is 15.0. The molecule has 5 nitrogen and oxygen atoms in total. The molecule has 12 heteroatoms. The lowest BCUT2D eigenvalue weighted by molar-refractivity contribution is -0.137. The van der Waals surface area contributed by atoms with Crippen LogP contribution in [0.15, 0.2) is 27.9 Å². The third-order valence-corrected chi connectivity index (χ3v) is 7.88. The van der Waals surface area contributed by atoms with Gasteiger partial charge in [0, 0.05) is 59.2 Å². The molecule has 2 aliphatic rings. The number of rotatable bonds is 2. The van der Waals surface area contributed by atoms with Gasteiger partial charge in [-0.1, -0.05) is 11.6 Å². The molecule has 0 saturated carbocycles. The SMILES string of the molecule is CC1CN(c2nc(=O)n3c4c(c(-c5cc(Cl)c(F)cc5F)c(C(F)(F)F)cc24)SCCC3)CC(C)N1. The standard InChI is InChI=1S/C24H22ClF5N4OS/c1-11-9-33(10-12(2)31-11)22-14-6-15(24(28,29)30)19(13-7-16(25)18(27)8-17(13)26)21-20(14)34(23(35)32-22)4-3-5-36-21/h6-8,11-12,31H,3-5,9-10H2,1-2H3. The third kappa shape index (κ3) is 4.35. The minimum absolute atomic E-state index is 0.0226. The van der Waals surface area contributed by atoms with Crippen LogP contribution in [-0.2, 0) is 12.7 Å². The van der Waals surface area contributed by atoms with E-state index in [4.69, 9.17) is 11.6 Å². The Morgan fingerprint density at radius 2 is 1.81 bits per heavy atom. The van der Waals surface area contributed by atoms with Gasteiger partial charge in [0.2, 0.25) is 0 Å². The summed E-state index contributed by atoms with van der Waals surface area (Å²) in [6.45, 7) is 5.05. The van der Waals surface area contributed by atoms with Gasteiger partial charge in [0.1, 0.15) is 17.5 Å². The second-order valence-electron chi connectivity index (χ2n) is 9.21. The molecule has 1 aromatic heterocycles. The van der Waals surface area contributed by atoms with Gasteiger partial charge in [0.05, 0.1) is 16.1 Å². The molecule has 3 heterocycles. The second-order valence-corrected chi connectivity index (χ2v) is 10.7. The zero-order chi connectivity index (χ0) is 25.9. The average molecular weight is 545 g/mol. The Morgan fingerprint density at radius 3 is 2.47 bits per heavy atom. The highest BCUT2D eigenvalue weighted by molar-refractivity contribution is 7.99. The first-order valence-corrected chi connectivity index (χ1v) is 12.8. The van der Waals surface area contributed by atoms with Crippen LogP contribution in [-0.4, -0.2) is 40.5 Å². The number of hydrogen-bond donors (Lipinski definition) is 1. The summed E-state index contributed by atoms with van der Waals surface area (Å²) >= 11 is 6.98. The molecule has 0 bridgehead atoms. The second kappa shape index (κ2) is 9.18. The summed E-state index contributed by atoms with van der Waals surface area (Å²) in [5.41, 5.74) is -2.32. The molecule has 0 spiro atoms. The lowest BCUT2D eigenvalue weighted by Crippen LogP contribution is -2.55. The van der Waals surface area contributed by atoms with Crippen LogP contribution in [0.2, 0.25) is 5.02 Å². The number of hydrogen-bond acceptors (Lipinski definition) is 5. The molecule has 5 rings (SSSR count). The average Bonchev–Trinajstić information content (AvgIpc) is 3.01. The van der Waals surface area contributed by atoms with E-state index in [9.17, 15) is 26.7 Å². The van der Waals surface area contributed by atoms with Gasteiger partial charge in [-0.25, -0.2) is 13.6 Å². The number of benzene rings is 2. The number of alkyl halides is 3. The first kappa shape index (κ1) is 25.3. The molecule has 192 valence electrons. The minimum Gasteiger partial charge on any atom is -0.353 e. The first-order valence-electron chi connectivity index (χ1n) is 11.4. The number of piperazine rings is 1. The van der Waals surface area contributed by atoms with Gasteiger partial charge in [0.25, 0.3) is 0 Å². The minimum atomic E-state index is -4.87. The molecule has 1 fully saturated rings. The van der Waals surface area contributed by atoms with Crippen molar-refractivity contribution in [1.29, 1.82) is 0 Å². The summed E-state index contributed by atoms with van der Waals surface area (Å²) in [4.78, 5) is 19.3. The van der Waals surface area contributed by atoms with Crippen molar-refractivity contribution in [2.75, 3.05) is 23.7 Å². The fourth-order valence-corrected chi connectivity index (χ4v) is 6.45. The van der Waals surface area contributed by atoms with E-state index < -0.39 is 45.2 Å². The summed E-state index contributed by atoms with van der Waals surface area (Å²) < 4.78 is 73.8. The van der Waals surface area contributed by atoms with E-state index >= 15 is 0 Å². The van der Waals surface area contributed by atoms with Crippen LogP contribution in [0.25, 0.3) is 22.0 Å². The Hall–Kier alpha value is -2.37. The number of anilines is 1. The lowest BCUT2D eigenvalue weighted by atomic mass is 9.95. The summed E-state index contributed by atoms with van der Waals surface area (Å²) in [6.07, 6.45) is -4.37. The van der Waals surface area contributed by atoms with Gasteiger partial charge in [0.15, 0.2) is 0 Å². The molecule has 1 saturated heterocycles. The highest BCUT2D eigenvalue weighted by Gasteiger charge is 2.39.